The van der Waals surface area contributed by atoms with Crippen molar-refractivity contribution in [1.82, 2.24) is 24.1 Å². The van der Waals surface area contributed by atoms with Crippen LogP contribution in [0.3, 0.4) is 0 Å². The molecule has 4 aromatic heterocycles. The van der Waals surface area contributed by atoms with Crippen molar-refractivity contribution in [2.24, 2.45) is 0 Å². The average molecular weight is 880 g/mol. The molecular weight excluding hydrogens is 843 g/mol. The maximum absolute atomic E-state index is 7.18. The van der Waals surface area contributed by atoms with Crippen molar-refractivity contribution < 1.29 is 4.42 Å². The molecule has 0 spiro atoms. The highest BCUT2D eigenvalue weighted by Gasteiger charge is 2.23. The SMILES string of the molecule is c1ccc(-c2nc(-c3ccc(-n4c5ccccc5c5c6oc7c(ccc8c7c7ccccc7n8-c7ccccc7)c6ccc54)cc3)nc(-c3ccc4c5ccccc5c5ccccc5c4c3)n2)cc1. The maximum atomic E-state index is 7.18. The van der Waals surface area contributed by atoms with E-state index in [4.69, 9.17) is 19.4 Å². The van der Waals surface area contributed by atoms with E-state index in [1.165, 1.54) is 37.7 Å². The van der Waals surface area contributed by atoms with Gasteiger partial charge in [-0.25, -0.2) is 15.0 Å². The first-order chi connectivity index (χ1) is 34.2. The van der Waals surface area contributed by atoms with Crippen molar-refractivity contribution in [3.63, 3.8) is 0 Å². The molecule has 0 aliphatic carbocycles. The number of para-hydroxylation sites is 3. The van der Waals surface area contributed by atoms with Gasteiger partial charge < -0.3 is 13.6 Å². The predicted octanol–water partition coefficient (Wildman–Crippen LogP) is 16.4. The summed E-state index contributed by atoms with van der Waals surface area (Å²) in [5.74, 6) is 1.86. The van der Waals surface area contributed by atoms with Crippen LogP contribution < -0.4 is 0 Å². The third-order valence-electron chi connectivity index (χ3n) is 14.1. The fourth-order valence-corrected chi connectivity index (χ4v) is 11.1. The minimum atomic E-state index is 0.611. The van der Waals surface area contributed by atoms with E-state index in [0.717, 1.165) is 88.2 Å². The highest BCUT2D eigenvalue weighted by atomic mass is 16.3. The molecule has 0 fully saturated rings. The average Bonchev–Trinajstić information content (AvgIpc) is 4.09. The van der Waals surface area contributed by atoms with Crippen molar-refractivity contribution in [3.05, 3.63) is 224 Å². The van der Waals surface area contributed by atoms with Crippen LogP contribution >= 0.6 is 0 Å². The van der Waals surface area contributed by atoms with Crippen LogP contribution in [0.1, 0.15) is 0 Å². The van der Waals surface area contributed by atoms with Crippen molar-refractivity contribution >= 4 is 97.9 Å². The summed E-state index contributed by atoms with van der Waals surface area (Å²) in [6.07, 6.45) is 0. The Morgan fingerprint density at radius 3 is 1.17 bits per heavy atom. The molecule has 0 amide bonds. The molecule has 0 N–H and O–H groups in total. The number of nitrogens with zero attached hydrogens (tertiary/aromatic N) is 5. The first-order valence-corrected chi connectivity index (χ1v) is 23.4. The van der Waals surface area contributed by atoms with Gasteiger partial charge in [-0.1, -0.05) is 146 Å². The lowest BCUT2D eigenvalue weighted by Gasteiger charge is -2.13. The number of hydrogen-bond donors (Lipinski definition) is 0. The molecule has 0 unspecified atom stereocenters. The lowest BCUT2D eigenvalue weighted by molar-refractivity contribution is 0.677. The third-order valence-corrected chi connectivity index (χ3v) is 14.1. The summed E-state index contributed by atoms with van der Waals surface area (Å²) in [4.78, 5) is 15.5. The minimum Gasteiger partial charge on any atom is -0.455 e. The number of furan rings is 1. The Hall–Kier alpha value is -9.39. The summed E-state index contributed by atoms with van der Waals surface area (Å²) in [6, 6.07) is 79.5. The van der Waals surface area contributed by atoms with E-state index in [0.29, 0.717) is 17.5 Å². The second-order valence-corrected chi connectivity index (χ2v) is 17.9. The Morgan fingerprint density at radius 2 is 0.638 bits per heavy atom. The van der Waals surface area contributed by atoms with E-state index < -0.39 is 0 Å². The molecule has 15 rings (SSSR count). The standard InChI is InChI=1S/C63H37N5O/c1-3-15-38(16-4-1)61-64-62(66-63(65-61)40-29-32-47-45-21-8-7-19-43(45)44-20-9-10-22-46(44)52(47)37-40)39-27-30-42(31-28-39)68-54-26-14-12-24-51(54)58-56(68)36-34-49-48-33-35-55-57(59(48)69-60(49)58)50-23-11-13-25-53(50)67(55)41-17-5-2-6-18-41/h1-37H. The number of rotatable bonds is 5. The lowest BCUT2D eigenvalue weighted by atomic mass is 9.93. The smallest absolute Gasteiger partial charge is 0.164 e. The monoisotopic (exact) mass is 879 g/mol. The first kappa shape index (κ1) is 37.8. The second-order valence-electron chi connectivity index (χ2n) is 17.9. The topological polar surface area (TPSA) is 61.7 Å². The molecular formula is C63H37N5O. The van der Waals surface area contributed by atoms with Gasteiger partial charge in [-0.3, -0.25) is 0 Å². The van der Waals surface area contributed by atoms with E-state index in [-0.39, 0.29) is 0 Å². The highest BCUT2D eigenvalue weighted by molar-refractivity contribution is 6.29. The molecule has 15 aromatic rings. The van der Waals surface area contributed by atoms with Crippen LogP contribution in [-0.4, -0.2) is 24.1 Å². The van der Waals surface area contributed by atoms with Crippen LogP contribution in [0.2, 0.25) is 0 Å². The molecule has 0 radical (unpaired) electrons. The van der Waals surface area contributed by atoms with Crippen LogP contribution in [0.4, 0.5) is 0 Å². The van der Waals surface area contributed by atoms with Crippen LogP contribution in [-0.2, 0) is 0 Å². The number of aromatic nitrogens is 5. The first-order valence-electron chi connectivity index (χ1n) is 23.4. The number of benzene rings is 11. The normalized spacial score (nSPS) is 12.1. The van der Waals surface area contributed by atoms with Gasteiger partial charge in [0.1, 0.15) is 11.2 Å². The Labute approximate surface area is 394 Å². The molecule has 11 aromatic carbocycles. The van der Waals surface area contributed by atoms with Gasteiger partial charge in [-0.05, 0) is 111 Å². The molecule has 6 heteroatoms. The lowest BCUT2D eigenvalue weighted by Crippen LogP contribution is -2.00. The van der Waals surface area contributed by atoms with Crippen LogP contribution in [0.5, 0.6) is 0 Å². The molecule has 6 nitrogen and oxygen atoms in total. The summed E-state index contributed by atoms with van der Waals surface area (Å²) in [5, 5.41) is 14.0. The van der Waals surface area contributed by atoms with Crippen molar-refractivity contribution in [3.8, 4) is 45.5 Å². The van der Waals surface area contributed by atoms with Gasteiger partial charge in [-0.15, -0.1) is 0 Å². The van der Waals surface area contributed by atoms with Gasteiger partial charge >= 0.3 is 0 Å². The Kier molecular flexibility index (Phi) is 7.97. The number of hydrogen-bond acceptors (Lipinski definition) is 4. The quantitative estimate of drug-likeness (QED) is 0.162. The zero-order valence-electron chi connectivity index (χ0n) is 37.0. The van der Waals surface area contributed by atoms with E-state index in [9.17, 15) is 0 Å². The van der Waals surface area contributed by atoms with E-state index in [2.05, 4.69) is 215 Å². The summed E-state index contributed by atoms with van der Waals surface area (Å²) in [5.41, 5.74) is 11.1. The van der Waals surface area contributed by atoms with Gasteiger partial charge in [-0.2, -0.15) is 0 Å². The Bertz CT molecular complexity index is 4550. The van der Waals surface area contributed by atoms with Gasteiger partial charge in [0.2, 0.25) is 0 Å². The molecule has 0 saturated heterocycles. The fourth-order valence-electron chi connectivity index (χ4n) is 11.1. The molecule has 4 heterocycles. The Balaban J connectivity index is 0.887. The van der Waals surface area contributed by atoms with Gasteiger partial charge in [0.25, 0.3) is 0 Å². The van der Waals surface area contributed by atoms with Crippen molar-refractivity contribution in [2.75, 3.05) is 0 Å². The zero-order chi connectivity index (χ0) is 45.2. The van der Waals surface area contributed by atoms with Crippen LogP contribution in [0, 0.1) is 0 Å². The van der Waals surface area contributed by atoms with Crippen LogP contribution in [0.25, 0.3) is 143 Å². The summed E-state index contributed by atoms with van der Waals surface area (Å²) >= 11 is 0. The predicted molar refractivity (Wildman–Crippen MR) is 285 cm³/mol. The molecule has 0 aliphatic heterocycles. The maximum Gasteiger partial charge on any atom is 0.164 e. The van der Waals surface area contributed by atoms with E-state index in [1.807, 2.05) is 18.2 Å². The third kappa shape index (κ3) is 5.57. The second kappa shape index (κ2) is 14.6. The molecule has 69 heavy (non-hydrogen) atoms. The highest BCUT2D eigenvalue weighted by Crippen LogP contribution is 2.45. The molecule has 0 saturated carbocycles. The van der Waals surface area contributed by atoms with Gasteiger partial charge in [0.15, 0.2) is 17.5 Å². The molecule has 320 valence electrons. The minimum absolute atomic E-state index is 0.611. The summed E-state index contributed by atoms with van der Waals surface area (Å²) in [6.45, 7) is 0. The van der Waals surface area contributed by atoms with Gasteiger partial charge in [0, 0.05) is 49.6 Å². The number of fused-ring (bicyclic) bond motifs is 17. The Morgan fingerprint density at radius 1 is 0.261 bits per heavy atom. The zero-order valence-corrected chi connectivity index (χ0v) is 37.0. The van der Waals surface area contributed by atoms with Crippen molar-refractivity contribution in [2.45, 2.75) is 0 Å². The summed E-state index contributed by atoms with van der Waals surface area (Å²) < 4.78 is 11.9. The van der Waals surface area contributed by atoms with E-state index >= 15 is 0 Å². The molecule has 0 aliphatic rings. The van der Waals surface area contributed by atoms with Crippen LogP contribution in [0.15, 0.2) is 229 Å². The molecule has 0 atom stereocenters. The van der Waals surface area contributed by atoms with Crippen molar-refractivity contribution in [1.29, 1.82) is 0 Å². The largest absolute Gasteiger partial charge is 0.455 e. The fraction of sp³-hybridized carbons (Fsp3) is 0. The van der Waals surface area contributed by atoms with Gasteiger partial charge in [0.05, 0.1) is 32.8 Å². The van der Waals surface area contributed by atoms with E-state index in [1.54, 1.807) is 0 Å². The molecule has 0 bridgehead atoms. The summed E-state index contributed by atoms with van der Waals surface area (Å²) in [7, 11) is 0.